The highest BCUT2D eigenvalue weighted by Crippen LogP contribution is 2.30. The van der Waals surface area contributed by atoms with Gasteiger partial charge in [-0.3, -0.25) is 4.79 Å². The van der Waals surface area contributed by atoms with Crippen LogP contribution in [0, 0.1) is 6.92 Å². The molecule has 6 heteroatoms. The van der Waals surface area contributed by atoms with Crippen molar-refractivity contribution >= 4 is 44.9 Å². The maximum absolute atomic E-state index is 12.2. The molecule has 130 valence electrons. The maximum Gasteiger partial charge on any atom is 0.224 e. The number of hydrogen-bond donors (Lipinski definition) is 1. The lowest BCUT2D eigenvalue weighted by Crippen LogP contribution is -2.12. The minimum Gasteiger partial charge on any atom is -0.495 e. The first-order chi connectivity index (χ1) is 12.2. The zero-order chi connectivity index (χ0) is 17.6. The first kappa shape index (κ1) is 17.8. The maximum atomic E-state index is 12.2. The van der Waals surface area contributed by atoms with Crippen LogP contribution in [-0.4, -0.2) is 23.8 Å². The fourth-order valence-corrected chi connectivity index (χ4v) is 4.52. The highest BCUT2D eigenvalue weighted by molar-refractivity contribution is 8.01. The predicted molar refractivity (Wildman–Crippen MR) is 106 cm³/mol. The van der Waals surface area contributed by atoms with Crippen LogP contribution in [0.3, 0.4) is 0 Å². The minimum atomic E-state index is 0.00815. The van der Waals surface area contributed by atoms with Crippen LogP contribution in [0.5, 0.6) is 5.75 Å². The molecule has 2 aromatic carbocycles. The number of methoxy groups -OCH3 is 1. The second-order valence-corrected chi connectivity index (χ2v) is 8.02. The third-order valence-electron chi connectivity index (χ3n) is 3.68. The number of carbonyl (C=O) groups is 1. The molecule has 0 saturated heterocycles. The van der Waals surface area contributed by atoms with Gasteiger partial charge in [0.1, 0.15) is 5.75 Å². The van der Waals surface area contributed by atoms with E-state index in [0.29, 0.717) is 12.2 Å². The van der Waals surface area contributed by atoms with Gasteiger partial charge in [-0.05, 0) is 43.2 Å². The number of aromatic nitrogens is 1. The number of benzene rings is 2. The molecular weight excluding hydrogens is 352 g/mol. The highest BCUT2D eigenvalue weighted by atomic mass is 32.2. The number of ether oxygens (including phenoxy) is 1. The summed E-state index contributed by atoms with van der Waals surface area (Å²) in [5, 5.41) is 2.94. The van der Waals surface area contributed by atoms with E-state index >= 15 is 0 Å². The van der Waals surface area contributed by atoms with Crippen LogP contribution in [0.1, 0.15) is 18.4 Å². The average molecular weight is 373 g/mol. The Morgan fingerprint density at radius 2 is 2.12 bits per heavy atom. The summed E-state index contributed by atoms with van der Waals surface area (Å²) in [6, 6.07) is 13.9. The third-order valence-corrected chi connectivity index (χ3v) is 5.94. The van der Waals surface area contributed by atoms with Gasteiger partial charge in [0.15, 0.2) is 4.34 Å². The lowest BCUT2D eigenvalue weighted by molar-refractivity contribution is -0.116. The largest absolute Gasteiger partial charge is 0.495 e. The number of hydrogen-bond acceptors (Lipinski definition) is 5. The van der Waals surface area contributed by atoms with E-state index < -0.39 is 0 Å². The normalized spacial score (nSPS) is 10.8. The molecule has 25 heavy (non-hydrogen) atoms. The summed E-state index contributed by atoms with van der Waals surface area (Å²) in [5.41, 5.74) is 2.85. The summed E-state index contributed by atoms with van der Waals surface area (Å²) in [4.78, 5) is 16.7. The van der Waals surface area contributed by atoms with E-state index in [9.17, 15) is 4.79 Å². The van der Waals surface area contributed by atoms with Crippen LogP contribution in [0.4, 0.5) is 5.69 Å². The Balaban J connectivity index is 1.47. The molecule has 1 N–H and O–H groups in total. The molecule has 4 nitrogen and oxygen atoms in total. The van der Waals surface area contributed by atoms with Crippen LogP contribution < -0.4 is 10.1 Å². The van der Waals surface area contributed by atoms with Gasteiger partial charge in [0, 0.05) is 12.2 Å². The van der Waals surface area contributed by atoms with Gasteiger partial charge in [-0.25, -0.2) is 4.98 Å². The Bertz CT molecular complexity index is 844. The summed E-state index contributed by atoms with van der Waals surface area (Å²) in [6.45, 7) is 1.99. The van der Waals surface area contributed by atoms with Gasteiger partial charge >= 0.3 is 0 Å². The molecule has 3 aromatic rings. The molecule has 1 heterocycles. The Morgan fingerprint density at radius 1 is 1.28 bits per heavy atom. The summed E-state index contributed by atoms with van der Waals surface area (Å²) in [7, 11) is 1.61. The topological polar surface area (TPSA) is 51.2 Å². The van der Waals surface area contributed by atoms with Gasteiger partial charge in [-0.1, -0.05) is 30.0 Å². The summed E-state index contributed by atoms with van der Waals surface area (Å²) < 4.78 is 7.55. The molecule has 1 amide bonds. The standard InChI is InChI=1S/C19H20N2O2S2/c1-13-9-10-16(23-2)15(12-13)20-18(22)8-5-11-24-19-21-14-6-3-4-7-17(14)25-19/h3-4,6-7,9-10,12H,5,8,11H2,1-2H3,(H,20,22). The number of thiazole rings is 1. The average Bonchev–Trinajstić information content (AvgIpc) is 3.02. The van der Waals surface area contributed by atoms with Crippen molar-refractivity contribution in [2.45, 2.75) is 24.1 Å². The molecular formula is C19H20N2O2S2. The van der Waals surface area contributed by atoms with Gasteiger partial charge in [-0.2, -0.15) is 0 Å². The zero-order valence-electron chi connectivity index (χ0n) is 14.2. The lowest BCUT2D eigenvalue weighted by atomic mass is 10.2. The zero-order valence-corrected chi connectivity index (χ0v) is 15.9. The van der Waals surface area contributed by atoms with Crippen molar-refractivity contribution in [3.8, 4) is 5.75 Å². The van der Waals surface area contributed by atoms with Gasteiger partial charge in [-0.15, -0.1) is 11.3 Å². The van der Waals surface area contributed by atoms with E-state index in [1.807, 2.05) is 43.3 Å². The van der Waals surface area contributed by atoms with Crippen LogP contribution in [0.15, 0.2) is 46.8 Å². The molecule has 0 aliphatic heterocycles. The molecule has 0 aliphatic rings. The van der Waals surface area contributed by atoms with Gasteiger partial charge in [0.2, 0.25) is 5.91 Å². The Morgan fingerprint density at radius 3 is 2.92 bits per heavy atom. The number of amides is 1. The molecule has 0 aliphatic carbocycles. The number of aryl methyl sites for hydroxylation is 1. The number of anilines is 1. The number of para-hydroxylation sites is 1. The van der Waals surface area contributed by atoms with Crippen molar-refractivity contribution in [1.82, 2.24) is 4.98 Å². The minimum absolute atomic E-state index is 0.00815. The van der Waals surface area contributed by atoms with E-state index in [2.05, 4.69) is 16.4 Å². The molecule has 0 radical (unpaired) electrons. The highest BCUT2D eigenvalue weighted by Gasteiger charge is 2.09. The number of carbonyl (C=O) groups excluding carboxylic acids is 1. The molecule has 1 aromatic heterocycles. The monoisotopic (exact) mass is 372 g/mol. The fraction of sp³-hybridized carbons (Fsp3) is 0.263. The first-order valence-corrected chi connectivity index (χ1v) is 9.89. The van der Waals surface area contributed by atoms with Gasteiger partial charge in [0.05, 0.1) is 23.0 Å². The second-order valence-electron chi connectivity index (χ2n) is 5.65. The van der Waals surface area contributed by atoms with Crippen molar-refractivity contribution in [3.05, 3.63) is 48.0 Å². The van der Waals surface area contributed by atoms with E-state index in [-0.39, 0.29) is 5.91 Å². The summed E-state index contributed by atoms with van der Waals surface area (Å²) in [6.07, 6.45) is 1.29. The predicted octanol–water partition coefficient (Wildman–Crippen LogP) is 5.12. The number of rotatable bonds is 7. The summed E-state index contributed by atoms with van der Waals surface area (Å²) in [5.74, 6) is 1.56. The van der Waals surface area contributed by atoms with Crippen molar-refractivity contribution < 1.29 is 9.53 Å². The molecule has 0 unspecified atom stereocenters. The molecule has 0 bridgehead atoms. The van der Waals surface area contributed by atoms with E-state index in [0.717, 1.165) is 33.3 Å². The van der Waals surface area contributed by atoms with Gasteiger partial charge < -0.3 is 10.1 Å². The van der Waals surface area contributed by atoms with Crippen LogP contribution in [-0.2, 0) is 4.79 Å². The van der Waals surface area contributed by atoms with Crippen LogP contribution >= 0.6 is 23.1 Å². The molecule has 0 saturated carbocycles. The fourth-order valence-electron chi connectivity index (χ4n) is 2.44. The van der Waals surface area contributed by atoms with E-state index in [1.165, 1.54) is 4.70 Å². The van der Waals surface area contributed by atoms with Crippen LogP contribution in [0.2, 0.25) is 0 Å². The molecule has 3 rings (SSSR count). The first-order valence-electron chi connectivity index (χ1n) is 8.08. The second kappa shape index (κ2) is 8.36. The van der Waals surface area contributed by atoms with E-state index in [4.69, 9.17) is 4.74 Å². The van der Waals surface area contributed by atoms with Crippen molar-refractivity contribution in [2.24, 2.45) is 0 Å². The van der Waals surface area contributed by atoms with Crippen molar-refractivity contribution in [1.29, 1.82) is 0 Å². The lowest BCUT2D eigenvalue weighted by Gasteiger charge is -2.10. The molecule has 0 atom stereocenters. The molecule has 0 spiro atoms. The number of nitrogens with zero attached hydrogens (tertiary/aromatic N) is 1. The smallest absolute Gasteiger partial charge is 0.224 e. The third kappa shape index (κ3) is 4.74. The van der Waals surface area contributed by atoms with Crippen molar-refractivity contribution in [3.63, 3.8) is 0 Å². The number of thioether (sulfide) groups is 1. The van der Waals surface area contributed by atoms with Crippen molar-refractivity contribution in [2.75, 3.05) is 18.2 Å². The van der Waals surface area contributed by atoms with Crippen LogP contribution in [0.25, 0.3) is 10.2 Å². The Labute approximate surface area is 155 Å². The Kier molecular flexibility index (Phi) is 5.94. The number of fused-ring (bicyclic) bond motifs is 1. The van der Waals surface area contributed by atoms with E-state index in [1.54, 1.807) is 30.2 Å². The SMILES string of the molecule is COc1ccc(C)cc1NC(=O)CCCSc1nc2ccccc2s1. The Hall–Kier alpha value is -2.05. The quantitative estimate of drug-likeness (QED) is 0.462. The molecule has 0 fully saturated rings. The summed E-state index contributed by atoms with van der Waals surface area (Å²) >= 11 is 3.41. The number of nitrogens with one attached hydrogen (secondary N) is 1. The van der Waals surface area contributed by atoms with Gasteiger partial charge in [0.25, 0.3) is 0 Å².